The maximum atomic E-state index is 14.9. The van der Waals surface area contributed by atoms with Gasteiger partial charge in [0.05, 0.1) is 42.3 Å². The SMILES string of the molecule is COC(=O)O[C@@]12CO[C@@H]1C[C@H](O)[C@@]1(C)C(=O)C(OC(C)=O)=C3C(C)[C@](C)(O)C[C@@](O)([C@@H](OC(=O)c4ccccc4)C12)C3(C)C. The molecule has 9 atom stereocenters. The second-order valence-electron chi connectivity index (χ2n) is 13.5. The number of aliphatic hydroxyl groups is 3. The number of ether oxygens (including phenoxy) is 5. The van der Waals surface area contributed by atoms with Crippen molar-refractivity contribution < 1.29 is 58.2 Å². The number of hydrogen-bond acceptors (Lipinski definition) is 12. The van der Waals surface area contributed by atoms with Gasteiger partial charge in [0.2, 0.25) is 5.78 Å². The van der Waals surface area contributed by atoms with E-state index in [4.69, 9.17) is 23.7 Å². The van der Waals surface area contributed by atoms with Crippen LogP contribution in [0.1, 0.15) is 64.7 Å². The van der Waals surface area contributed by atoms with Gasteiger partial charge in [-0.3, -0.25) is 9.59 Å². The van der Waals surface area contributed by atoms with Crippen LogP contribution in [0.5, 0.6) is 0 Å². The van der Waals surface area contributed by atoms with Crippen molar-refractivity contribution in [2.24, 2.45) is 22.7 Å². The third-order valence-electron chi connectivity index (χ3n) is 10.7. The molecule has 5 rings (SSSR count). The quantitative estimate of drug-likeness (QED) is 0.333. The first-order chi connectivity index (χ1) is 20.4. The van der Waals surface area contributed by atoms with E-state index in [-0.39, 0.29) is 30.6 Å². The normalized spacial score (nSPS) is 40.7. The molecular weight excluding hydrogens is 576 g/mol. The van der Waals surface area contributed by atoms with Gasteiger partial charge >= 0.3 is 18.1 Å². The van der Waals surface area contributed by atoms with Crippen molar-refractivity contribution in [2.75, 3.05) is 13.7 Å². The zero-order chi connectivity index (χ0) is 32.6. The number of rotatable bonds is 4. The van der Waals surface area contributed by atoms with E-state index in [2.05, 4.69) is 0 Å². The van der Waals surface area contributed by atoms with E-state index in [1.54, 1.807) is 39.0 Å². The van der Waals surface area contributed by atoms with Gasteiger partial charge < -0.3 is 39.0 Å². The summed E-state index contributed by atoms with van der Waals surface area (Å²) in [7, 11) is 1.10. The van der Waals surface area contributed by atoms with Gasteiger partial charge in [0.15, 0.2) is 11.4 Å². The van der Waals surface area contributed by atoms with Crippen LogP contribution in [0.3, 0.4) is 0 Å². The topological polar surface area (TPSA) is 175 Å². The van der Waals surface area contributed by atoms with Crippen LogP contribution in [0.25, 0.3) is 0 Å². The molecule has 0 spiro atoms. The minimum atomic E-state index is -2.19. The van der Waals surface area contributed by atoms with Crippen molar-refractivity contribution >= 4 is 23.9 Å². The monoisotopic (exact) mass is 616 g/mol. The Morgan fingerprint density at radius 3 is 2.23 bits per heavy atom. The van der Waals surface area contributed by atoms with Crippen molar-refractivity contribution in [1.82, 2.24) is 0 Å². The van der Waals surface area contributed by atoms with Crippen LogP contribution in [0.4, 0.5) is 4.79 Å². The lowest BCUT2D eigenvalue weighted by atomic mass is 9.43. The molecule has 2 unspecified atom stereocenters. The summed E-state index contributed by atoms with van der Waals surface area (Å²) in [6, 6.07) is 7.99. The van der Waals surface area contributed by atoms with E-state index in [0.717, 1.165) is 14.0 Å². The largest absolute Gasteiger partial charge is 0.508 e. The first kappa shape index (κ1) is 32.1. The summed E-state index contributed by atoms with van der Waals surface area (Å²) in [5, 5.41) is 36.6. The Morgan fingerprint density at radius 2 is 1.68 bits per heavy atom. The maximum Gasteiger partial charge on any atom is 0.508 e. The zero-order valence-electron chi connectivity index (χ0n) is 25.9. The highest BCUT2D eigenvalue weighted by molar-refractivity contribution is 6.02. The highest BCUT2D eigenvalue weighted by atomic mass is 16.8. The van der Waals surface area contributed by atoms with Gasteiger partial charge in [-0.1, -0.05) is 39.0 Å². The Morgan fingerprint density at radius 1 is 1.05 bits per heavy atom. The molecular formula is C32H40O12. The lowest BCUT2D eigenvalue weighted by Gasteiger charge is -2.67. The van der Waals surface area contributed by atoms with E-state index in [9.17, 15) is 34.5 Å². The molecule has 3 aliphatic carbocycles. The summed E-state index contributed by atoms with van der Waals surface area (Å²) >= 11 is 0. The third kappa shape index (κ3) is 4.33. The van der Waals surface area contributed by atoms with Crippen molar-refractivity contribution in [3.63, 3.8) is 0 Å². The number of esters is 2. The van der Waals surface area contributed by atoms with E-state index in [0.29, 0.717) is 0 Å². The molecule has 3 fully saturated rings. The molecule has 240 valence electrons. The van der Waals surface area contributed by atoms with Gasteiger partial charge in [0.1, 0.15) is 17.8 Å². The van der Waals surface area contributed by atoms with Crippen molar-refractivity contribution in [3.05, 3.63) is 47.2 Å². The number of carbonyl (C=O) groups is 4. The molecule has 3 N–H and O–H groups in total. The summed E-state index contributed by atoms with van der Waals surface area (Å²) in [5.74, 6) is -5.26. The summed E-state index contributed by atoms with van der Waals surface area (Å²) in [6.07, 6.45) is -5.81. The average Bonchev–Trinajstić information content (AvgIpc) is 2.94. The Kier molecular flexibility index (Phi) is 7.56. The molecule has 1 aromatic rings. The fourth-order valence-electron chi connectivity index (χ4n) is 8.06. The number of ketones is 1. The van der Waals surface area contributed by atoms with Crippen molar-refractivity contribution in [2.45, 2.75) is 89.5 Å². The van der Waals surface area contributed by atoms with Gasteiger partial charge in [-0.25, -0.2) is 9.59 Å². The number of hydrogen-bond donors (Lipinski definition) is 3. The number of allylic oxidation sites excluding steroid dienone is 1. The molecule has 4 aliphatic rings. The van der Waals surface area contributed by atoms with Crippen molar-refractivity contribution in [3.8, 4) is 0 Å². The van der Waals surface area contributed by atoms with Crippen LogP contribution in [0.2, 0.25) is 0 Å². The predicted molar refractivity (Wildman–Crippen MR) is 151 cm³/mol. The molecule has 12 heteroatoms. The molecule has 12 nitrogen and oxygen atoms in total. The van der Waals surface area contributed by atoms with Crippen LogP contribution in [0, 0.1) is 22.7 Å². The number of carbonyl (C=O) groups excluding carboxylic acids is 4. The number of fused-ring (bicyclic) bond motifs is 5. The van der Waals surface area contributed by atoms with Crippen LogP contribution >= 0.6 is 0 Å². The fraction of sp³-hybridized carbons (Fsp3) is 0.625. The molecule has 0 radical (unpaired) electrons. The van der Waals surface area contributed by atoms with Crippen LogP contribution in [-0.2, 0) is 33.3 Å². The number of benzene rings is 1. The van der Waals surface area contributed by atoms with E-state index >= 15 is 0 Å². The first-order valence-electron chi connectivity index (χ1n) is 14.6. The van der Waals surface area contributed by atoms with Gasteiger partial charge in [-0.15, -0.1) is 0 Å². The second kappa shape index (κ2) is 10.4. The number of Topliss-reactive ketones (excluding diaryl/α,β-unsaturated/α-hetero) is 1. The third-order valence-corrected chi connectivity index (χ3v) is 10.7. The standard InChI is InChI=1S/C32H40O12/c1-16-21-22(42-17(2)33)24(35)30(6)19(34)13-20-31(15-41-20,44-27(37)40-7)23(30)25(43-26(36)18-11-9-8-10-12-18)32(39,28(21,3)4)14-29(16,5)38/h8-12,16,19-20,23,25,34,38-39H,13-15H2,1-7H3/t16?,19-,20+,23?,25-,29+,30+,31-,32+/m0/s1. The molecule has 44 heavy (non-hydrogen) atoms. The van der Waals surface area contributed by atoms with Gasteiger partial charge in [0, 0.05) is 31.1 Å². The molecule has 1 saturated heterocycles. The fourth-order valence-corrected chi connectivity index (χ4v) is 8.06. The van der Waals surface area contributed by atoms with Gasteiger partial charge in [-0.2, -0.15) is 0 Å². The van der Waals surface area contributed by atoms with E-state index < -0.39 is 87.4 Å². The smallest absolute Gasteiger partial charge is 0.455 e. The molecule has 0 amide bonds. The Bertz CT molecular complexity index is 1420. The number of methoxy groups -OCH3 is 1. The zero-order valence-corrected chi connectivity index (χ0v) is 25.9. The molecule has 1 aliphatic heterocycles. The number of aliphatic hydroxyl groups excluding tert-OH is 1. The highest BCUT2D eigenvalue weighted by Crippen LogP contribution is 2.65. The summed E-state index contributed by atoms with van der Waals surface area (Å²) < 4.78 is 28.3. The predicted octanol–water partition coefficient (Wildman–Crippen LogP) is 2.47. The maximum absolute atomic E-state index is 14.9. The van der Waals surface area contributed by atoms with Crippen LogP contribution in [-0.4, -0.2) is 88.0 Å². The lowest BCUT2D eigenvalue weighted by molar-refractivity contribution is -0.345. The Labute approximate surface area is 255 Å². The van der Waals surface area contributed by atoms with Gasteiger partial charge in [0.25, 0.3) is 0 Å². The van der Waals surface area contributed by atoms with Gasteiger partial charge in [-0.05, 0) is 31.6 Å². The molecule has 1 aromatic carbocycles. The average molecular weight is 617 g/mol. The molecule has 2 saturated carbocycles. The first-order valence-corrected chi connectivity index (χ1v) is 14.6. The Balaban J connectivity index is 1.88. The minimum absolute atomic E-state index is 0.124. The Hall–Kier alpha value is -3.32. The van der Waals surface area contributed by atoms with Crippen LogP contribution in [0.15, 0.2) is 41.7 Å². The molecule has 2 bridgehead atoms. The molecule has 0 aromatic heterocycles. The van der Waals surface area contributed by atoms with E-state index in [1.807, 2.05) is 0 Å². The summed E-state index contributed by atoms with van der Waals surface area (Å²) in [4.78, 5) is 54.0. The highest BCUT2D eigenvalue weighted by Gasteiger charge is 2.78. The van der Waals surface area contributed by atoms with Crippen molar-refractivity contribution in [1.29, 1.82) is 0 Å². The van der Waals surface area contributed by atoms with Crippen LogP contribution < -0.4 is 0 Å². The minimum Gasteiger partial charge on any atom is -0.455 e. The summed E-state index contributed by atoms with van der Waals surface area (Å²) in [5.41, 5.74) is -8.85. The van der Waals surface area contributed by atoms with E-state index in [1.165, 1.54) is 26.0 Å². The second-order valence-corrected chi connectivity index (χ2v) is 13.5. The lowest BCUT2D eigenvalue weighted by Crippen LogP contribution is -2.81. The summed E-state index contributed by atoms with van der Waals surface area (Å²) in [6.45, 7) is 8.58. The molecule has 1 heterocycles.